The maximum atomic E-state index is 10.5. The zero-order valence-corrected chi connectivity index (χ0v) is 8.23. The van der Waals surface area contributed by atoms with Crippen LogP contribution in [-0.4, -0.2) is 18.7 Å². The van der Waals surface area contributed by atoms with Gasteiger partial charge in [-0.3, -0.25) is 4.79 Å². The molecule has 0 aliphatic rings. The highest BCUT2D eigenvalue weighted by atomic mass is 32.2. The molecule has 0 bridgehead atoms. The number of amides is 1. The average Bonchev–Trinajstić information content (AvgIpc) is 2.15. The largest absolute Gasteiger partial charge is 0.376 e. The van der Waals surface area contributed by atoms with E-state index in [1.807, 2.05) is 30.5 Å². The molecule has 3 N–H and O–H groups in total. The Kier molecular flexibility index (Phi) is 3.64. The first-order chi connectivity index (χ1) is 6.22. The van der Waals surface area contributed by atoms with Gasteiger partial charge >= 0.3 is 0 Å². The minimum absolute atomic E-state index is 0.178. The van der Waals surface area contributed by atoms with Gasteiger partial charge in [-0.2, -0.15) is 0 Å². The molecule has 1 aromatic rings. The van der Waals surface area contributed by atoms with Gasteiger partial charge < -0.3 is 11.1 Å². The summed E-state index contributed by atoms with van der Waals surface area (Å²) >= 11 is 1.66. The van der Waals surface area contributed by atoms with Crippen LogP contribution in [0.5, 0.6) is 0 Å². The van der Waals surface area contributed by atoms with Gasteiger partial charge in [0.25, 0.3) is 0 Å². The summed E-state index contributed by atoms with van der Waals surface area (Å²) in [7, 11) is 0. The van der Waals surface area contributed by atoms with Gasteiger partial charge in [-0.15, -0.1) is 11.8 Å². The second-order valence-electron chi connectivity index (χ2n) is 2.55. The van der Waals surface area contributed by atoms with Crippen molar-refractivity contribution in [2.24, 2.45) is 5.73 Å². The van der Waals surface area contributed by atoms with Crippen LogP contribution >= 0.6 is 11.8 Å². The van der Waals surface area contributed by atoms with Crippen LogP contribution in [0.3, 0.4) is 0 Å². The van der Waals surface area contributed by atoms with Crippen LogP contribution < -0.4 is 11.1 Å². The van der Waals surface area contributed by atoms with E-state index >= 15 is 0 Å². The number of hydrogen-bond acceptors (Lipinski definition) is 3. The summed E-state index contributed by atoms with van der Waals surface area (Å²) in [6.07, 6.45) is 2.01. The standard InChI is InChI=1S/C9H12N2OS/c1-13-8-4-2-3-7(5-8)11-6-9(10)12/h2-5,11H,6H2,1H3,(H2,10,12). The zero-order chi connectivity index (χ0) is 9.68. The molecule has 0 aliphatic carbocycles. The van der Waals surface area contributed by atoms with Gasteiger partial charge in [0.15, 0.2) is 0 Å². The van der Waals surface area contributed by atoms with E-state index in [1.165, 1.54) is 0 Å². The number of carbonyl (C=O) groups excluding carboxylic acids is 1. The second-order valence-corrected chi connectivity index (χ2v) is 3.43. The van der Waals surface area contributed by atoms with Crippen molar-refractivity contribution in [2.75, 3.05) is 18.1 Å². The third-order valence-corrected chi connectivity index (χ3v) is 2.26. The molecule has 1 rings (SSSR count). The maximum Gasteiger partial charge on any atom is 0.236 e. The van der Waals surface area contributed by atoms with Crippen molar-refractivity contribution in [1.82, 2.24) is 0 Å². The number of anilines is 1. The van der Waals surface area contributed by atoms with Crippen LogP contribution in [0.1, 0.15) is 0 Å². The normalized spacial score (nSPS) is 9.62. The Morgan fingerprint density at radius 3 is 3.00 bits per heavy atom. The molecule has 1 amide bonds. The highest BCUT2D eigenvalue weighted by molar-refractivity contribution is 7.98. The summed E-state index contributed by atoms with van der Waals surface area (Å²) in [5.74, 6) is -0.352. The highest BCUT2D eigenvalue weighted by Gasteiger charge is 1.95. The third kappa shape index (κ3) is 3.38. The smallest absolute Gasteiger partial charge is 0.236 e. The first-order valence-electron chi connectivity index (χ1n) is 3.88. The molecule has 0 fully saturated rings. The lowest BCUT2D eigenvalue weighted by atomic mass is 10.3. The van der Waals surface area contributed by atoms with Crippen LogP contribution in [0.4, 0.5) is 5.69 Å². The van der Waals surface area contributed by atoms with Gasteiger partial charge in [-0.1, -0.05) is 6.07 Å². The Labute approximate surface area is 81.7 Å². The number of nitrogens with one attached hydrogen (secondary N) is 1. The first-order valence-corrected chi connectivity index (χ1v) is 5.11. The number of thioether (sulfide) groups is 1. The molecule has 0 saturated heterocycles. The van der Waals surface area contributed by atoms with Crippen LogP contribution in [-0.2, 0) is 4.79 Å². The number of rotatable bonds is 4. The van der Waals surface area contributed by atoms with E-state index in [-0.39, 0.29) is 12.5 Å². The molecular weight excluding hydrogens is 184 g/mol. The zero-order valence-electron chi connectivity index (χ0n) is 7.41. The van der Waals surface area contributed by atoms with E-state index in [4.69, 9.17) is 5.73 Å². The summed E-state index contributed by atoms with van der Waals surface area (Å²) in [5, 5.41) is 2.93. The topological polar surface area (TPSA) is 55.1 Å². The van der Waals surface area contributed by atoms with Crippen molar-refractivity contribution in [3.8, 4) is 0 Å². The lowest BCUT2D eigenvalue weighted by molar-refractivity contribution is -0.116. The average molecular weight is 196 g/mol. The predicted octanol–water partition coefficient (Wildman–Crippen LogP) is 1.31. The molecule has 0 aliphatic heterocycles. The number of carbonyl (C=O) groups is 1. The molecule has 4 heteroatoms. The molecule has 3 nitrogen and oxygen atoms in total. The van der Waals surface area contributed by atoms with E-state index in [9.17, 15) is 4.79 Å². The second kappa shape index (κ2) is 4.77. The SMILES string of the molecule is CSc1cccc(NCC(N)=O)c1. The van der Waals surface area contributed by atoms with Gasteiger partial charge in [0.1, 0.15) is 0 Å². The van der Waals surface area contributed by atoms with Gasteiger partial charge in [-0.05, 0) is 24.5 Å². The molecule has 13 heavy (non-hydrogen) atoms. The summed E-state index contributed by atoms with van der Waals surface area (Å²) in [6.45, 7) is 0.178. The molecule has 0 unspecified atom stereocenters. The molecule has 0 saturated carbocycles. The maximum absolute atomic E-state index is 10.5. The minimum Gasteiger partial charge on any atom is -0.376 e. The monoisotopic (exact) mass is 196 g/mol. The van der Waals surface area contributed by atoms with Crippen LogP contribution in [0.25, 0.3) is 0 Å². The van der Waals surface area contributed by atoms with E-state index in [2.05, 4.69) is 5.32 Å². The van der Waals surface area contributed by atoms with Crippen molar-refractivity contribution >= 4 is 23.4 Å². The minimum atomic E-state index is -0.352. The van der Waals surface area contributed by atoms with Crippen LogP contribution in [0.2, 0.25) is 0 Å². The molecule has 0 heterocycles. The van der Waals surface area contributed by atoms with E-state index in [0.717, 1.165) is 10.6 Å². The van der Waals surface area contributed by atoms with Gasteiger partial charge in [0.05, 0.1) is 6.54 Å². The fraction of sp³-hybridized carbons (Fsp3) is 0.222. The predicted molar refractivity (Wildman–Crippen MR) is 55.9 cm³/mol. The molecule has 0 aromatic heterocycles. The summed E-state index contributed by atoms with van der Waals surface area (Å²) < 4.78 is 0. The van der Waals surface area contributed by atoms with Crippen LogP contribution in [0.15, 0.2) is 29.2 Å². The summed E-state index contributed by atoms with van der Waals surface area (Å²) in [4.78, 5) is 11.6. The fourth-order valence-corrected chi connectivity index (χ4v) is 1.38. The van der Waals surface area contributed by atoms with E-state index < -0.39 is 0 Å². The Balaban J connectivity index is 2.61. The van der Waals surface area contributed by atoms with Crippen molar-refractivity contribution in [3.05, 3.63) is 24.3 Å². The van der Waals surface area contributed by atoms with Crippen molar-refractivity contribution in [2.45, 2.75) is 4.90 Å². The van der Waals surface area contributed by atoms with E-state index in [1.54, 1.807) is 11.8 Å². The van der Waals surface area contributed by atoms with E-state index in [0.29, 0.717) is 0 Å². The van der Waals surface area contributed by atoms with Gasteiger partial charge in [0.2, 0.25) is 5.91 Å². The van der Waals surface area contributed by atoms with Crippen molar-refractivity contribution in [1.29, 1.82) is 0 Å². The number of primary amides is 1. The molecule has 1 aromatic carbocycles. The van der Waals surface area contributed by atoms with Crippen LogP contribution in [0, 0.1) is 0 Å². The van der Waals surface area contributed by atoms with Gasteiger partial charge in [0, 0.05) is 10.6 Å². The Bertz CT molecular complexity index is 301. The first kappa shape index (κ1) is 9.92. The van der Waals surface area contributed by atoms with Crippen molar-refractivity contribution in [3.63, 3.8) is 0 Å². The fourth-order valence-electron chi connectivity index (χ4n) is 0.922. The Morgan fingerprint density at radius 2 is 2.38 bits per heavy atom. The lowest BCUT2D eigenvalue weighted by Gasteiger charge is -2.04. The number of benzene rings is 1. The van der Waals surface area contributed by atoms with Crippen molar-refractivity contribution < 1.29 is 4.79 Å². The summed E-state index contributed by atoms with van der Waals surface area (Å²) in [6, 6.07) is 7.84. The lowest BCUT2D eigenvalue weighted by Crippen LogP contribution is -2.21. The third-order valence-electron chi connectivity index (χ3n) is 1.54. The molecule has 70 valence electrons. The molecule has 0 atom stereocenters. The molecule has 0 spiro atoms. The highest BCUT2D eigenvalue weighted by Crippen LogP contribution is 2.18. The molecule has 0 radical (unpaired) electrons. The quantitative estimate of drug-likeness (QED) is 0.714. The van der Waals surface area contributed by atoms with Gasteiger partial charge in [-0.25, -0.2) is 0 Å². The Hall–Kier alpha value is -1.16. The summed E-state index contributed by atoms with van der Waals surface area (Å²) in [5.41, 5.74) is 5.93. The Morgan fingerprint density at radius 1 is 1.62 bits per heavy atom. The number of nitrogens with two attached hydrogens (primary N) is 1. The number of hydrogen-bond donors (Lipinski definition) is 2. The molecular formula is C9H12N2OS.